The van der Waals surface area contributed by atoms with Gasteiger partial charge >= 0.3 is 0 Å². The normalized spacial score (nSPS) is 15.6. The minimum Gasteiger partial charge on any atom is -0.382 e. The van der Waals surface area contributed by atoms with Crippen LogP contribution in [0.3, 0.4) is 0 Å². The summed E-state index contributed by atoms with van der Waals surface area (Å²) in [6, 6.07) is 6.73. The Bertz CT molecular complexity index is 409. The predicted molar refractivity (Wildman–Crippen MR) is 77.8 cm³/mol. The molecule has 0 fully saturated rings. The van der Waals surface area contributed by atoms with Crippen LogP contribution < -0.4 is 10.2 Å². The molecule has 0 amide bonds. The van der Waals surface area contributed by atoms with E-state index >= 15 is 0 Å². The van der Waals surface area contributed by atoms with E-state index in [9.17, 15) is 0 Å². The maximum absolute atomic E-state index is 5.32. The van der Waals surface area contributed by atoms with Gasteiger partial charge < -0.3 is 19.7 Å². The zero-order valence-electron chi connectivity index (χ0n) is 12.1. The van der Waals surface area contributed by atoms with Gasteiger partial charge in [-0.2, -0.15) is 0 Å². The molecule has 1 aromatic carbocycles. The van der Waals surface area contributed by atoms with Crippen molar-refractivity contribution in [1.82, 2.24) is 5.32 Å². The molecule has 0 radical (unpaired) electrons. The SMILES string of the molecule is COCC(CNCc1ccc2c(c1)CCN2C)OC. The molecule has 19 heavy (non-hydrogen) atoms. The number of hydrogen-bond donors (Lipinski definition) is 1. The zero-order valence-corrected chi connectivity index (χ0v) is 12.1. The predicted octanol–water partition coefficient (Wildman–Crippen LogP) is 1.43. The lowest BCUT2D eigenvalue weighted by Gasteiger charge is -2.16. The lowest BCUT2D eigenvalue weighted by molar-refractivity contribution is 0.0288. The Hall–Kier alpha value is -1.10. The average molecular weight is 264 g/mol. The highest BCUT2D eigenvalue weighted by Crippen LogP contribution is 2.27. The quantitative estimate of drug-likeness (QED) is 0.808. The lowest BCUT2D eigenvalue weighted by atomic mass is 10.1. The van der Waals surface area contributed by atoms with Gasteiger partial charge in [0.15, 0.2) is 0 Å². The van der Waals surface area contributed by atoms with E-state index < -0.39 is 0 Å². The van der Waals surface area contributed by atoms with Gasteiger partial charge in [-0.15, -0.1) is 0 Å². The first-order valence-electron chi connectivity index (χ1n) is 6.80. The molecule has 1 atom stereocenters. The fourth-order valence-electron chi connectivity index (χ4n) is 2.50. The standard InChI is InChI=1S/C15H24N2O2/c1-17-7-6-13-8-12(4-5-15(13)17)9-16-10-14(19-3)11-18-2/h4-5,8,14,16H,6-7,9-11H2,1-3H3. The monoisotopic (exact) mass is 264 g/mol. The maximum Gasteiger partial charge on any atom is 0.0928 e. The summed E-state index contributed by atoms with van der Waals surface area (Å²) in [5, 5.41) is 3.42. The van der Waals surface area contributed by atoms with E-state index in [-0.39, 0.29) is 6.10 Å². The Labute approximate surface area is 115 Å². The molecule has 0 aromatic heterocycles. The third-order valence-electron chi connectivity index (χ3n) is 3.66. The molecule has 1 aliphatic heterocycles. The second kappa shape index (κ2) is 6.89. The maximum atomic E-state index is 5.32. The smallest absolute Gasteiger partial charge is 0.0928 e. The topological polar surface area (TPSA) is 33.7 Å². The van der Waals surface area contributed by atoms with Gasteiger partial charge in [0.25, 0.3) is 0 Å². The van der Waals surface area contributed by atoms with E-state index in [1.807, 2.05) is 0 Å². The number of methoxy groups -OCH3 is 2. The van der Waals surface area contributed by atoms with Crippen LogP contribution in [0.1, 0.15) is 11.1 Å². The molecule has 1 aromatic rings. The fraction of sp³-hybridized carbons (Fsp3) is 0.600. The van der Waals surface area contributed by atoms with Crippen molar-refractivity contribution in [2.75, 3.05) is 45.9 Å². The molecule has 0 saturated carbocycles. The number of ether oxygens (including phenoxy) is 2. The van der Waals surface area contributed by atoms with Crippen LogP contribution in [0.5, 0.6) is 0 Å². The highest BCUT2D eigenvalue weighted by molar-refractivity contribution is 5.58. The number of anilines is 1. The molecular formula is C15H24N2O2. The number of fused-ring (bicyclic) bond motifs is 1. The summed E-state index contributed by atoms with van der Waals surface area (Å²) >= 11 is 0. The Balaban J connectivity index is 1.84. The third kappa shape index (κ3) is 3.69. The van der Waals surface area contributed by atoms with Gasteiger partial charge in [-0.1, -0.05) is 12.1 Å². The van der Waals surface area contributed by atoms with Crippen LogP contribution in [-0.4, -0.2) is 47.1 Å². The molecular weight excluding hydrogens is 240 g/mol. The molecule has 0 spiro atoms. The molecule has 2 rings (SSSR count). The number of rotatable bonds is 7. The number of nitrogens with one attached hydrogen (secondary N) is 1. The molecule has 0 aliphatic carbocycles. The van der Waals surface area contributed by atoms with Gasteiger partial charge in [0.2, 0.25) is 0 Å². The van der Waals surface area contributed by atoms with E-state index in [1.165, 1.54) is 16.8 Å². The summed E-state index contributed by atoms with van der Waals surface area (Å²) in [5.74, 6) is 0. The Kier molecular flexibility index (Phi) is 5.19. The first-order chi connectivity index (χ1) is 9.24. The van der Waals surface area contributed by atoms with Crippen molar-refractivity contribution in [2.45, 2.75) is 19.1 Å². The average Bonchev–Trinajstić information content (AvgIpc) is 2.79. The first-order valence-corrected chi connectivity index (χ1v) is 6.80. The number of nitrogens with zero attached hydrogens (tertiary/aromatic N) is 1. The van der Waals surface area contributed by atoms with Crippen LogP contribution in [0.2, 0.25) is 0 Å². The second-order valence-electron chi connectivity index (χ2n) is 5.08. The van der Waals surface area contributed by atoms with Crippen LogP contribution in [0.25, 0.3) is 0 Å². The van der Waals surface area contributed by atoms with Gasteiger partial charge in [0.1, 0.15) is 0 Å². The van der Waals surface area contributed by atoms with Gasteiger partial charge in [-0.3, -0.25) is 0 Å². The van der Waals surface area contributed by atoms with Crippen molar-refractivity contribution in [1.29, 1.82) is 0 Å². The van der Waals surface area contributed by atoms with Crippen molar-refractivity contribution in [3.63, 3.8) is 0 Å². The molecule has 4 nitrogen and oxygen atoms in total. The molecule has 1 heterocycles. The van der Waals surface area contributed by atoms with E-state index in [1.54, 1.807) is 14.2 Å². The van der Waals surface area contributed by atoms with Gasteiger partial charge in [0.05, 0.1) is 12.7 Å². The minimum absolute atomic E-state index is 0.116. The first kappa shape index (κ1) is 14.3. The Morgan fingerprint density at radius 3 is 2.95 bits per heavy atom. The molecule has 1 N–H and O–H groups in total. The van der Waals surface area contributed by atoms with E-state index in [2.05, 4.69) is 35.5 Å². The summed E-state index contributed by atoms with van der Waals surface area (Å²) < 4.78 is 10.4. The third-order valence-corrected chi connectivity index (χ3v) is 3.66. The van der Waals surface area contributed by atoms with Crippen molar-refractivity contribution in [2.24, 2.45) is 0 Å². The highest BCUT2D eigenvalue weighted by Gasteiger charge is 2.15. The second-order valence-corrected chi connectivity index (χ2v) is 5.08. The van der Waals surface area contributed by atoms with Crippen molar-refractivity contribution >= 4 is 5.69 Å². The molecule has 0 saturated heterocycles. The van der Waals surface area contributed by atoms with Crippen molar-refractivity contribution in [3.8, 4) is 0 Å². The van der Waals surface area contributed by atoms with Crippen LogP contribution in [-0.2, 0) is 22.4 Å². The number of likely N-dealkylation sites (N-methyl/N-ethyl adjacent to an activating group) is 1. The summed E-state index contributed by atoms with van der Waals surface area (Å²) in [6.07, 6.45) is 1.27. The summed E-state index contributed by atoms with van der Waals surface area (Å²) in [7, 11) is 5.57. The van der Waals surface area contributed by atoms with E-state index in [0.717, 1.165) is 26.1 Å². The molecule has 0 bridgehead atoms. The van der Waals surface area contributed by atoms with Crippen LogP contribution >= 0.6 is 0 Å². The van der Waals surface area contributed by atoms with Gasteiger partial charge in [-0.25, -0.2) is 0 Å². The number of benzene rings is 1. The van der Waals surface area contributed by atoms with Crippen LogP contribution in [0.15, 0.2) is 18.2 Å². The molecule has 1 aliphatic rings. The van der Waals surface area contributed by atoms with Gasteiger partial charge in [0, 0.05) is 46.6 Å². The summed E-state index contributed by atoms with van der Waals surface area (Å²) in [4.78, 5) is 2.31. The fourth-order valence-corrected chi connectivity index (χ4v) is 2.50. The van der Waals surface area contributed by atoms with Gasteiger partial charge in [-0.05, 0) is 23.6 Å². The molecule has 106 valence electrons. The zero-order chi connectivity index (χ0) is 13.7. The molecule has 4 heteroatoms. The minimum atomic E-state index is 0.116. The summed E-state index contributed by atoms with van der Waals surface area (Å²) in [5.41, 5.74) is 4.17. The molecule has 1 unspecified atom stereocenters. The lowest BCUT2D eigenvalue weighted by Crippen LogP contribution is -2.31. The Morgan fingerprint density at radius 2 is 2.21 bits per heavy atom. The van der Waals surface area contributed by atoms with Crippen molar-refractivity contribution in [3.05, 3.63) is 29.3 Å². The largest absolute Gasteiger partial charge is 0.382 e. The Morgan fingerprint density at radius 1 is 1.37 bits per heavy atom. The number of hydrogen-bond acceptors (Lipinski definition) is 4. The highest BCUT2D eigenvalue weighted by atomic mass is 16.5. The van der Waals surface area contributed by atoms with E-state index in [4.69, 9.17) is 9.47 Å². The van der Waals surface area contributed by atoms with Crippen LogP contribution in [0.4, 0.5) is 5.69 Å². The van der Waals surface area contributed by atoms with Crippen molar-refractivity contribution < 1.29 is 9.47 Å². The summed E-state index contributed by atoms with van der Waals surface area (Å²) in [6.45, 7) is 3.44. The van der Waals surface area contributed by atoms with E-state index in [0.29, 0.717) is 6.61 Å². The van der Waals surface area contributed by atoms with Crippen LogP contribution in [0, 0.1) is 0 Å².